The molecule has 0 bridgehead atoms. The summed E-state index contributed by atoms with van der Waals surface area (Å²) in [5.74, 6) is -1.52. The van der Waals surface area contributed by atoms with Gasteiger partial charge in [-0.3, -0.25) is 9.59 Å². The van der Waals surface area contributed by atoms with Crippen LogP contribution in [0.15, 0.2) is 11.6 Å². The highest BCUT2D eigenvalue weighted by atomic mass is 32.1. The van der Waals surface area contributed by atoms with Crippen molar-refractivity contribution in [1.29, 1.82) is 0 Å². The Labute approximate surface area is 72.1 Å². The number of carbonyl (C=O) groups is 2. The van der Waals surface area contributed by atoms with E-state index in [0.717, 1.165) is 0 Å². The number of hydrogen-bond donors (Lipinski definition) is 2. The lowest BCUT2D eigenvalue weighted by molar-refractivity contribution is -0.135. The summed E-state index contributed by atoms with van der Waals surface area (Å²) in [6.07, 6.45) is 1.49. The number of amides is 1. The summed E-state index contributed by atoms with van der Waals surface area (Å²) in [6, 6.07) is 0. The monoisotopic (exact) mass is 186 g/mol. The summed E-state index contributed by atoms with van der Waals surface area (Å²) >= 11 is 1.17. The molecule has 64 valence electrons. The molecule has 0 unspecified atom stereocenters. The molecule has 0 spiro atoms. The van der Waals surface area contributed by atoms with Gasteiger partial charge in [-0.05, 0) is 0 Å². The van der Waals surface area contributed by atoms with Crippen LogP contribution in [-0.2, 0) is 4.79 Å². The zero-order valence-electron chi connectivity index (χ0n) is 5.98. The molecule has 1 amide bonds. The first kappa shape index (κ1) is 8.66. The van der Waals surface area contributed by atoms with Crippen molar-refractivity contribution in [3.63, 3.8) is 0 Å². The number of carbonyl (C=O) groups excluding carboxylic acids is 1. The average molecular weight is 186 g/mol. The van der Waals surface area contributed by atoms with E-state index in [1.165, 1.54) is 17.5 Å². The molecule has 0 saturated carbocycles. The van der Waals surface area contributed by atoms with Crippen LogP contribution < -0.4 is 5.32 Å². The molecule has 0 radical (unpaired) electrons. The Bertz CT molecular complexity index is 283. The van der Waals surface area contributed by atoms with E-state index in [1.54, 1.807) is 5.38 Å². The highest BCUT2D eigenvalue weighted by Gasteiger charge is 2.08. The van der Waals surface area contributed by atoms with E-state index < -0.39 is 11.9 Å². The zero-order valence-corrected chi connectivity index (χ0v) is 6.80. The van der Waals surface area contributed by atoms with Crippen LogP contribution in [0.1, 0.15) is 9.80 Å². The number of nitrogens with one attached hydrogen (secondary N) is 1. The molecule has 5 nitrogen and oxygen atoms in total. The molecule has 0 aliphatic rings. The van der Waals surface area contributed by atoms with Crippen LogP contribution in [0.2, 0.25) is 0 Å². The quantitative estimate of drug-likeness (QED) is 0.694. The predicted octanol–water partition coefficient (Wildman–Crippen LogP) is -0.0425. The van der Waals surface area contributed by atoms with Gasteiger partial charge in [0.1, 0.15) is 6.54 Å². The van der Waals surface area contributed by atoms with Crippen molar-refractivity contribution in [2.45, 2.75) is 0 Å². The van der Waals surface area contributed by atoms with Crippen LogP contribution in [0.25, 0.3) is 0 Å². The summed E-state index contributed by atoms with van der Waals surface area (Å²) in [7, 11) is 0. The molecule has 2 N–H and O–H groups in total. The standard InChI is InChI=1S/C6H6N2O3S/c9-4(10)3-8-5(11)6-7-1-2-12-6/h1-2H,3H2,(H,8,11)(H,9,10). The van der Waals surface area contributed by atoms with Crippen molar-refractivity contribution in [1.82, 2.24) is 10.3 Å². The fourth-order valence-electron chi connectivity index (χ4n) is 0.567. The van der Waals surface area contributed by atoms with Crippen LogP contribution in [0, 0.1) is 0 Å². The summed E-state index contributed by atoms with van der Waals surface area (Å²) in [5, 5.41) is 12.3. The summed E-state index contributed by atoms with van der Waals surface area (Å²) in [5.41, 5.74) is 0. The molecule has 0 saturated heterocycles. The number of rotatable bonds is 3. The predicted molar refractivity (Wildman–Crippen MR) is 42.1 cm³/mol. The summed E-state index contributed by atoms with van der Waals surface area (Å²) in [6.45, 7) is -0.377. The Kier molecular flexibility index (Phi) is 2.76. The van der Waals surface area contributed by atoms with Gasteiger partial charge < -0.3 is 10.4 Å². The third-order valence-electron chi connectivity index (χ3n) is 1.03. The van der Waals surface area contributed by atoms with Gasteiger partial charge in [0, 0.05) is 11.6 Å². The normalized spacial score (nSPS) is 9.33. The molecular weight excluding hydrogens is 180 g/mol. The molecule has 12 heavy (non-hydrogen) atoms. The van der Waals surface area contributed by atoms with Crippen molar-refractivity contribution < 1.29 is 14.7 Å². The van der Waals surface area contributed by atoms with Crippen LogP contribution in [-0.4, -0.2) is 28.5 Å². The second-order valence-electron chi connectivity index (χ2n) is 1.91. The fourth-order valence-corrected chi connectivity index (χ4v) is 1.12. The van der Waals surface area contributed by atoms with E-state index in [2.05, 4.69) is 10.3 Å². The van der Waals surface area contributed by atoms with Gasteiger partial charge in [0.2, 0.25) is 0 Å². The van der Waals surface area contributed by atoms with Crippen molar-refractivity contribution in [2.75, 3.05) is 6.54 Å². The number of hydrogen-bond acceptors (Lipinski definition) is 4. The minimum atomic E-state index is -1.07. The maximum atomic E-state index is 11.0. The zero-order chi connectivity index (χ0) is 8.97. The second kappa shape index (κ2) is 3.82. The number of aromatic nitrogens is 1. The van der Waals surface area contributed by atoms with Crippen LogP contribution in [0.4, 0.5) is 0 Å². The topological polar surface area (TPSA) is 79.3 Å². The van der Waals surface area contributed by atoms with E-state index in [1.807, 2.05) is 0 Å². The third kappa shape index (κ3) is 2.31. The number of thiazole rings is 1. The molecule has 1 rings (SSSR count). The van der Waals surface area contributed by atoms with Gasteiger partial charge >= 0.3 is 5.97 Å². The molecule has 0 aliphatic carbocycles. The van der Waals surface area contributed by atoms with E-state index in [4.69, 9.17) is 5.11 Å². The maximum Gasteiger partial charge on any atom is 0.322 e. The van der Waals surface area contributed by atoms with Gasteiger partial charge in [0.05, 0.1) is 0 Å². The van der Waals surface area contributed by atoms with Crippen LogP contribution in [0.3, 0.4) is 0 Å². The number of carboxylic acids is 1. The van der Waals surface area contributed by atoms with Crippen LogP contribution >= 0.6 is 11.3 Å². The summed E-state index contributed by atoms with van der Waals surface area (Å²) < 4.78 is 0. The van der Waals surface area contributed by atoms with E-state index in [-0.39, 0.29) is 11.6 Å². The highest BCUT2D eigenvalue weighted by Crippen LogP contribution is 2.02. The van der Waals surface area contributed by atoms with Crippen molar-refractivity contribution in [3.8, 4) is 0 Å². The van der Waals surface area contributed by atoms with Crippen molar-refractivity contribution in [3.05, 3.63) is 16.6 Å². The first-order chi connectivity index (χ1) is 5.70. The lowest BCUT2D eigenvalue weighted by Crippen LogP contribution is -2.29. The van der Waals surface area contributed by atoms with Crippen molar-refractivity contribution >= 4 is 23.2 Å². The highest BCUT2D eigenvalue weighted by molar-refractivity contribution is 7.11. The first-order valence-electron chi connectivity index (χ1n) is 3.09. The van der Waals surface area contributed by atoms with Gasteiger partial charge in [-0.25, -0.2) is 4.98 Å². The molecule has 0 atom stereocenters. The maximum absolute atomic E-state index is 11.0. The molecule has 1 heterocycles. The SMILES string of the molecule is O=C(O)CNC(=O)c1nccs1. The Morgan fingerprint density at radius 1 is 1.67 bits per heavy atom. The largest absolute Gasteiger partial charge is 0.480 e. The smallest absolute Gasteiger partial charge is 0.322 e. The van der Waals surface area contributed by atoms with E-state index >= 15 is 0 Å². The Morgan fingerprint density at radius 2 is 2.42 bits per heavy atom. The minimum absolute atomic E-state index is 0.274. The molecule has 0 fully saturated rings. The van der Waals surface area contributed by atoms with Gasteiger partial charge in [-0.15, -0.1) is 11.3 Å². The second-order valence-corrected chi connectivity index (χ2v) is 2.81. The fraction of sp³-hybridized carbons (Fsp3) is 0.167. The Morgan fingerprint density at radius 3 is 2.92 bits per heavy atom. The van der Waals surface area contributed by atoms with Crippen molar-refractivity contribution in [2.24, 2.45) is 0 Å². The van der Waals surface area contributed by atoms with Crippen LogP contribution in [0.5, 0.6) is 0 Å². The summed E-state index contributed by atoms with van der Waals surface area (Å²) in [4.78, 5) is 24.7. The number of carboxylic acid groups (broad SMARTS) is 1. The van der Waals surface area contributed by atoms with Gasteiger partial charge in [-0.2, -0.15) is 0 Å². The van der Waals surface area contributed by atoms with E-state index in [0.29, 0.717) is 0 Å². The lowest BCUT2D eigenvalue weighted by atomic mass is 10.5. The van der Waals surface area contributed by atoms with Gasteiger partial charge in [-0.1, -0.05) is 0 Å². The number of aliphatic carboxylic acids is 1. The number of nitrogens with zero attached hydrogens (tertiary/aromatic N) is 1. The van der Waals surface area contributed by atoms with E-state index in [9.17, 15) is 9.59 Å². The Balaban J connectivity index is 2.45. The first-order valence-corrected chi connectivity index (χ1v) is 3.97. The molecule has 0 aromatic carbocycles. The van der Waals surface area contributed by atoms with Gasteiger partial charge in [0.25, 0.3) is 5.91 Å². The minimum Gasteiger partial charge on any atom is -0.480 e. The Hall–Kier alpha value is -1.43. The molecule has 6 heteroatoms. The molecule has 1 aromatic heterocycles. The lowest BCUT2D eigenvalue weighted by Gasteiger charge is -1.96. The average Bonchev–Trinajstić information content (AvgIpc) is 2.51. The third-order valence-corrected chi connectivity index (χ3v) is 1.80. The molecular formula is C6H6N2O3S. The molecule has 1 aromatic rings. The molecule has 0 aliphatic heterocycles. The van der Waals surface area contributed by atoms with Gasteiger partial charge in [0.15, 0.2) is 5.01 Å².